The van der Waals surface area contributed by atoms with Gasteiger partial charge < -0.3 is 10.1 Å². The largest absolute Gasteiger partial charge is 0.381 e. The molecule has 1 aromatic heterocycles. The molecule has 6 nitrogen and oxygen atoms in total. The van der Waals surface area contributed by atoms with Crippen molar-refractivity contribution in [3.8, 4) is 0 Å². The molecule has 1 N–H and O–H groups in total. The van der Waals surface area contributed by atoms with Crippen molar-refractivity contribution in [2.45, 2.75) is 25.8 Å². The molecule has 3 rings (SSSR count). The zero-order valence-corrected chi connectivity index (χ0v) is 13.5. The van der Waals surface area contributed by atoms with Crippen molar-refractivity contribution in [2.75, 3.05) is 19.8 Å². The molecule has 1 aliphatic rings. The van der Waals surface area contributed by atoms with E-state index in [1.807, 2.05) is 24.3 Å². The van der Waals surface area contributed by atoms with E-state index >= 15 is 0 Å². The van der Waals surface area contributed by atoms with E-state index in [4.69, 9.17) is 4.74 Å². The van der Waals surface area contributed by atoms with Crippen LogP contribution in [0.15, 0.2) is 29.1 Å². The van der Waals surface area contributed by atoms with Gasteiger partial charge in [-0.3, -0.25) is 13.9 Å². The molecule has 0 bridgehead atoms. The number of amides is 1. The molecule has 0 atom stereocenters. The zero-order chi connectivity index (χ0) is 16.2. The summed E-state index contributed by atoms with van der Waals surface area (Å²) in [6.45, 7) is 2.14. The smallest absolute Gasteiger partial charge is 0.329 e. The first-order valence-corrected chi connectivity index (χ1v) is 8.15. The Morgan fingerprint density at radius 2 is 2.04 bits per heavy atom. The van der Waals surface area contributed by atoms with Crippen LogP contribution in [0.25, 0.3) is 11.0 Å². The van der Waals surface area contributed by atoms with Crippen LogP contribution in [-0.4, -0.2) is 34.8 Å². The molecule has 0 radical (unpaired) electrons. The van der Waals surface area contributed by atoms with Crippen LogP contribution in [0.2, 0.25) is 0 Å². The number of nitrogens with zero attached hydrogens (tertiary/aromatic N) is 2. The predicted molar refractivity (Wildman–Crippen MR) is 88.3 cm³/mol. The Morgan fingerprint density at radius 1 is 1.30 bits per heavy atom. The summed E-state index contributed by atoms with van der Waals surface area (Å²) >= 11 is 0. The molecule has 0 unspecified atom stereocenters. The summed E-state index contributed by atoms with van der Waals surface area (Å²) in [7, 11) is 1.72. The van der Waals surface area contributed by atoms with E-state index in [1.165, 1.54) is 17.4 Å². The molecular weight excluding hydrogens is 294 g/mol. The molecule has 23 heavy (non-hydrogen) atoms. The number of carbonyl (C=O) groups excluding carboxylic acids is 1. The summed E-state index contributed by atoms with van der Waals surface area (Å²) in [4.78, 5) is 24.3. The molecule has 0 spiro atoms. The Hall–Kier alpha value is -2.08. The van der Waals surface area contributed by atoms with Crippen LogP contribution in [-0.2, 0) is 23.1 Å². The molecule has 1 aromatic carbocycles. The fourth-order valence-electron chi connectivity index (χ4n) is 2.65. The van der Waals surface area contributed by atoms with Crippen LogP contribution in [0.1, 0.15) is 19.3 Å². The standard InChI is InChI=1S/C17H23N3O3/c1-19-14-5-2-3-6-15(14)20(17(19)22)11-16(21)18-9-4-10-23-12-13-7-8-13/h2-3,5-6,13H,4,7-12H2,1H3,(H,18,21). The fraction of sp³-hybridized carbons (Fsp3) is 0.529. The number of imidazole rings is 1. The Morgan fingerprint density at radius 3 is 2.78 bits per heavy atom. The lowest BCUT2D eigenvalue weighted by atomic mass is 10.3. The molecule has 1 aliphatic carbocycles. The van der Waals surface area contributed by atoms with Crippen molar-refractivity contribution in [3.05, 3.63) is 34.7 Å². The van der Waals surface area contributed by atoms with Gasteiger partial charge in [0, 0.05) is 26.8 Å². The summed E-state index contributed by atoms with van der Waals surface area (Å²) in [5, 5.41) is 2.85. The van der Waals surface area contributed by atoms with Crippen LogP contribution in [0.5, 0.6) is 0 Å². The van der Waals surface area contributed by atoms with Crippen LogP contribution < -0.4 is 11.0 Å². The van der Waals surface area contributed by atoms with E-state index in [9.17, 15) is 9.59 Å². The zero-order valence-electron chi connectivity index (χ0n) is 13.5. The van der Waals surface area contributed by atoms with Crippen molar-refractivity contribution in [3.63, 3.8) is 0 Å². The molecule has 1 amide bonds. The third-order valence-electron chi connectivity index (χ3n) is 4.19. The Bertz CT molecular complexity index is 743. The second-order valence-corrected chi connectivity index (χ2v) is 6.14. The summed E-state index contributed by atoms with van der Waals surface area (Å²) in [6.07, 6.45) is 3.37. The quantitative estimate of drug-likeness (QED) is 0.746. The number of hydrogen-bond donors (Lipinski definition) is 1. The number of fused-ring (bicyclic) bond motifs is 1. The lowest BCUT2D eigenvalue weighted by molar-refractivity contribution is -0.121. The minimum atomic E-state index is -0.172. The SMILES string of the molecule is Cn1c(=O)n(CC(=O)NCCCOCC2CC2)c2ccccc21. The first-order valence-electron chi connectivity index (χ1n) is 8.15. The molecule has 0 saturated heterocycles. The number of rotatable bonds is 8. The summed E-state index contributed by atoms with van der Waals surface area (Å²) < 4.78 is 8.60. The van der Waals surface area contributed by atoms with Gasteiger partial charge in [-0.25, -0.2) is 4.79 Å². The highest BCUT2D eigenvalue weighted by Gasteiger charge is 2.20. The number of aryl methyl sites for hydroxylation is 1. The van der Waals surface area contributed by atoms with Gasteiger partial charge in [0.1, 0.15) is 6.54 Å². The Labute approximate surface area is 135 Å². The molecule has 1 saturated carbocycles. The second kappa shape index (κ2) is 7.00. The highest BCUT2D eigenvalue weighted by atomic mass is 16.5. The minimum absolute atomic E-state index is 0.0448. The van der Waals surface area contributed by atoms with E-state index in [0.717, 1.165) is 30.0 Å². The van der Waals surface area contributed by atoms with E-state index < -0.39 is 0 Å². The third kappa shape index (κ3) is 3.82. The number of para-hydroxylation sites is 2. The highest BCUT2D eigenvalue weighted by Crippen LogP contribution is 2.28. The van der Waals surface area contributed by atoms with E-state index in [2.05, 4.69) is 5.32 Å². The van der Waals surface area contributed by atoms with Gasteiger partial charge in [0.25, 0.3) is 0 Å². The Balaban J connectivity index is 1.49. The average Bonchev–Trinajstić information content (AvgIpc) is 3.35. The maximum absolute atomic E-state index is 12.2. The number of carbonyl (C=O) groups is 1. The van der Waals surface area contributed by atoms with Crippen molar-refractivity contribution < 1.29 is 9.53 Å². The van der Waals surface area contributed by atoms with E-state index in [0.29, 0.717) is 13.2 Å². The van der Waals surface area contributed by atoms with Crippen LogP contribution in [0, 0.1) is 5.92 Å². The molecule has 0 aliphatic heterocycles. The number of aromatic nitrogens is 2. The summed E-state index contributed by atoms with van der Waals surface area (Å²) in [6, 6.07) is 7.49. The van der Waals surface area contributed by atoms with Crippen molar-refractivity contribution >= 4 is 16.9 Å². The van der Waals surface area contributed by atoms with Crippen molar-refractivity contribution in [2.24, 2.45) is 13.0 Å². The van der Waals surface area contributed by atoms with Gasteiger partial charge in [0.05, 0.1) is 11.0 Å². The van der Waals surface area contributed by atoms with Crippen LogP contribution in [0.3, 0.4) is 0 Å². The maximum atomic E-state index is 12.2. The topological polar surface area (TPSA) is 65.3 Å². The van der Waals surface area contributed by atoms with E-state index in [1.54, 1.807) is 11.6 Å². The van der Waals surface area contributed by atoms with Gasteiger partial charge in [-0.15, -0.1) is 0 Å². The minimum Gasteiger partial charge on any atom is -0.381 e. The summed E-state index contributed by atoms with van der Waals surface area (Å²) in [5.41, 5.74) is 1.44. The lowest BCUT2D eigenvalue weighted by Crippen LogP contribution is -2.33. The van der Waals surface area contributed by atoms with Gasteiger partial charge in [0.2, 0.25) is 5.91 Å². The lowest BCUT2D eigenvalue weighted by Gasteiger charge is -2.07. The second-order valence-electron chi connectivity index (χ2n) is 6.14. The highest BCUT2D eigenvalue weighted by molar-refractivity contribution is 5.80. The number of benzene rings is 1. The Kier molecular flexibility index (Phi) is 4.81. The molecular formula is C17H23N3O3. The van der Waals surface area contributed by atoms with Crippen LogP contribution >= 0.6 is 0 Å². The van der Waals surface area contributed by atoms with Gasteiger partial charge in [-0.2, -0.15) is 0 Å². The molecule has 1 heterocycles. The van der Waals surface area contributed by atoms with Crippen LogP contribution in [0.4, 0.5) is 0 Å². The van der Waals surface area contributed by atoms with E-state index in [-0.39, 0.29) is 18.1 Å². The van der Waals surface area contributed by atoms with Crippen molar-refractivity contribution in [1.29, 1.82) is 0 Å². The van der Waals surface area contributed by atoms with Gasteiger partial charge in [0.15, 0.2) is 0 Å². The number of nitrogens with one attached hydrogen (secondary N) is 1. The molecule has 124 valence electrons. The molecule has 6 heteroatoms. The number of hydrogen-bond acceptors (Lipinski definition) is 3. The fourth-order valence-corrected chi connectivity index (χ4v) is 2.65. The van der Waals surface area contributed by atoms with Gasteiger partial charge in [-0.1, -0.05) is 12.1 Å². The monoisotopic (exact) mass is 317 g/mol. The first-order chi connectivity index (χ1) is 11.2. The predicted octanol–water partition coefficient (Wildman–Crippen LogP) is 1.27. The maximum Gasteiger partial charge on any atom is 0.329 e. The van der Waals surface area contributed by atoms with Gasteiger partial charge in [-0.05, 0) is 37.3 Å². The number of ether oxygens (including phenoxy) is 1. The van der Waals surface area contributed by atoms with Crippen molar-refractivity contribution in [1.82, 2.24) is 14.5 Å². The molecule has 1 fully saturated rings. The first kappa shape index (κ1) is 15.8. The van der Waals surface area contributed by atoms with Gasteiger partial charge >= 0.3 is 5.69 Å². The molecule has 2 aromatic rings. The summed E-state index contributed by atoms with van der Waals surface area (Å²) in [5.74, 6) is 0.619. The average molecular weight is 317 g/mol. The third-order valence-corrected chi connectivity index (χ3v) is 4.19. The normalized spacial score (nSPS) is 14.3.